The number of H-pyrrole nitrogens is 1. The van der Waals surface area contributed by atoms with Gasteiger partial charge >= 0.3 is 0 Å². The highest BCUT2D eigenvalue weighted by Gasteiger charge is 2.04. The minimum absolute atomic E-state index is 0.666. The Morgan fingerprint density at radius 1 is 1.29 bits per heavy atom. The van der Waals surface area contributed by atoms with Gasteiger partial charge in [0.05, 0.1) is 17.7 Å². The highest BCUT2D eigenvalue weighted by Crippen LogP contribution is 2.17. The van der Waals surface area contributed by atoms with Crippen LogP contribution < -0.4 is 10.6 Å². The second-order valence-electron chi connectivity index (χ2n) is 5.59. The number of para-hydroxylation sites is 1. The van der Waals surface area contributed by atoms with E-state index in [0.29, 0.717) is 6.54 Å². The van der Waals surface area contributed by atoms with Gasteiger partial charge in [-0.25, -0.2) is 9.98 Å². The molecule has 0 saturated heterocycles. The van der Waals surface area contributed by atoms with Crippen molar-refractivity contribution in [2.75, 3.05) is 13.1 Å². The molecule has 24 heavy (non-hydrogen) atoms. The number of hydrogen-bond acceptors (Lipinski definition) is 3. The number of fused-ring (bicyclic) bond motifs is 1. The second kappa shape index (κ2) is 7.97. The number of aryl methyl sites for hydroxylation is 1. The summed E-state index contributed by atoms with van der Waals surface area (Å²) in [6.07, 6.45) is 3.05. The van der Waals surface area contributed by atoms with Crippen LogP contribution in [-0.4, -0.2) is 29.0 Å². The van der Waals surface area contributed by atoms with Gasteiger partial charge in [0.25, 0.3) is 0 Å². The Hall–Kier alpha value is -2.34. The molecule has 0 aliphatic carbocycles. The summed E-state index contributed by atoms with van der Waals surface area (Å²) in [5, 5.41) is 8.00. The van der Waals surface area contributed by atoms with Crippen molar-refractivity contribution in [2.24, 2.45) is 4.99 Å². The topological polar surface area (TPSA) is 65.1 Å². The lowest BCUT2D eigenvalue weighted by atomic mass is 10.1. The van der Waals surface area contributed by atoms with Gasteiger partial charge in [-0.15, -0.1) is 11.3 Å². The molecule has 0 amide bonds. The second-order valence-corrected chi connectivity index (χ2v) is 6.53. The molecule has 2 aromatic heterocycles. The van der Waals surface area contributed by atoms with E-state index in [9.17, 15) is 0 Å². The van der Waals surface area contributed by atoms with E-state index in [1.54, 1.807) is 11.3 Å². The van der Waals surface area contributed by atoms with Gasteiger partial charge in [0.2, 0.25) is 0 Å². The van der Waals surface area contributed by atoms with Gasteiger partial charge in [0.1, 0.15) is 0 Å². The fourth-order valence-electron chi connectivity index (χ4n) is 2.62. The van der Waals surface area contributed by atoms with Crippen molar-refractivity contribution in [1.82, 2.24) is 20.6 Å². The Bertz CT molecular complexity index is 818. The molecule has 0 unspecified atom stereocenters. The Balaban J connectivity index is 1.59. The minimum Gasteiger partial charge on any atom is -0.361 e. The number of thiazole rings is 1. The molecule has 2 heterocycles. The first-order chi connectivity index (χ1) is 11.8. The van der Waals surface area contributed by atoms with Crippen molar-refractivity contribution in [3.05, 3.63) is 52.1 Å². The van der Waals surface area contributed by atoms with Crippen LogP contribution in [0.4, 0.5) is 0 Å². The number of rotatable bonds is 6. The molecule has 0 spiro atoms. The summed E-state index contributed by atoms with van der Waals surface area (Å²) in [7, 11) is 0. The van der Waals surface area contributed by atoms with E-state index in [4.69, 9.17) is 0 Å². The number of nitrogens with one attached hydrogen (secondary N) is 3. The predicted octanol–water partition coefficient (Wildman–Crippen LogP) is 3.23. The van der Waals surface area contributed by atoms with Gasteiger partial charge in [0, 0.05) is 35.1 Å². The SMILES string of the molecule is CCNC(=NCc1scnc1C)NCCc1c[nH]c2ccccc12. The zero-order valence-electron chi connectivity index (χ0n) is 14.1. The van der Waals surface area contributed by atoms with Crippen molar-refractivity contribution in [3.8, 4) is 0 Å². The van der Waals surface area contributed by atoms with E-state index in [1.165, 1.54) is 21.3 Å². The zero-order valence-corrected chi connectivity index (χ0v) is 14.9. The molecule has 0 saturated carbocycles. The molecule has 0 bridgehead atoms. The standard InChI is InChI=1S/C18H23N5S/c1-3-19-18(22-11-17-13(2)23-12-24-17)20-9-8-14-10-21-16-7-5-4-6-15(14)16/h4-7,10,12,21H,3,8-9,11H2,1-2H3,(H2,19,20,22). The summed E-state index contributed by atoms with van der Waals surface area (Å²) in [6, 6.07) is 8.40. The molecule has 5 nitrogen and oxygen atoms in total. The van der Waals surface area contributed by atoms with E-state index in [-0.39, 0.29) is 0 Å². The van der Waals surface area contributed by atoms with Crippen LogP contribution in [0.15, 0.2) is 41.0 Å². The average Bonchev–Trinajstić information content (AvgIpc) is 3.19. The quantitative estimate of drug-likeness (QED) is 0.476. The zero-order chi connectivity index (χ0) is 16.8. The maximum atomic E-state index is 4.65. The number of aromatic amines is 1. The van der Waals surface area contributed by atoms with Crippen LogP contribution in [0.3, 0.4) is 0 Å². The van der Waals surface area contributed by atoms with E-state index in [0.717, 1.165) is 31.2 Å². The Morgan fingerprint density at radius 2 is 2.17 bits per heavy atom. The van der Waals surface area contributed by atoms with Crippen molar-refractivity contribution in [3.63, 3.8) is 0 Å². The van der Waals surface area contributed by atoms with E-state index < -0.39 is 0 Å². The maximum Gasteiger partial charge on any atom is 0.191 e. The van der Waals surface area contributed by atoms with Crippen LogP contribution in [0.1, 0.15) is 23.1 Å². The molecule has 3 N–H and O–H groups in total. The molecule has 126 valence electrons. The van der Waals surface area contributed by atoms with Crippen LogP contribution in [0.25, 0.3) is 10.9 Å². The third-order valence-corrected chi connectivity index (χ3v) is 4.85. The number of benzene rings is 1. The van der Waals surface area contributed by atoms with Gasteiger partial charge in [-0.05, 0) is 31.9 Å². The number of aliphatic imine (C=N–C) groups is 1. The van der Waals surface area contributed by atoms with Crippen LogP contribution in [0.5, 0.6) is 0 Å². The minimum atomic E-state index is 0.666. The first kappa shape index (κ1) is 16.5. The summed E-state index contributed by atoms with van der Waals surface area (Å²) in [5.74, 6) is 0.852. The molecular weight excluding hydrogens is 318 g/mol. The third kappa shape index (κ3) is 3.94. The van der Waals surface area contributed by atoms with Crippen LogP contribution in [0.2, 0.25) is 0 Å². The van der Waals surface area contributed by atoms with Crippen LogP contribution in [-0.2, 0) is 13.0 Å². The molecule has 0 aliphatic heterocycles. The molecule has 3 rings (SSSR count). The smallest absolute Gasteiger partial charge is 0.191 e. The fourth-order valence-corrected chi connectivity index (χ4v) is 3.33. The van der Waals surface area contributed by atoms with Crippen molar-refractivity contribution in [1.29, 1.82) is 0 Å². The summed E-state index contributed by atoms with van der Waals surface area (Å²) in [5.41, 5.74) is 5.46. The highest BCUT2D eigenvalue weighted by atomic mass is 32.1. The predicted molar refractivity (Wildman–Crippen MR) is 102 cm³/mol. The van der Waals surface area contributed by atoms with Crippen molar-refractivity contribution in [2.45, 2.75) is 26.8 Å². The average molecular weight is 341 g/mol. The highest BCUT2D eigenvalue weighted by molar-refractivity contribution is 7.09. The first-order valence-corrected chi connectivity index (χ1v) is 9.12. The lowest BCUT2D eigenvalue weighted by molar-refractivity contribution is 0.802. The lowest BCUT2D eigenvalue weighted by Gasteiger charge is -2.11. The largest absolute Gasteiger partial charge is 0.361 e. The van der Waals surface area contributed by atoms with Crippen LogP contribution in [0, 0.1) is 6.92 Å². The van der Waals surface area contributed by atoms with E-state index in [1.807, 2.05) is 12.4 Å². The van der Waals surface area contributed by atoms with E-state index >= 15 is 0 Å². The molecule has 0 atom stereocenters. The van der Waals surface area contributed by atoms with Gasteiger partial charge in [-0.2, -0.15) is 0 Å². The Labute approximate surface area is 146 Å². The van der Waals surface area contributed by atoms with E-state index in [2.05, 4.69) is 63.0 Å². The maximum absolute atomic E-state index is 4.65. The van der Waals surface area contributed by atoms with Gasteiger partial charge in [-0.3, -0.25) is 0 Å². The lowest BCUT2D eigenvalue weighted by Crippen LogP contribution is -2.38. The summed E-state index contributed by atoms with van der Waals surface area (Å²) in [4.78, 5) is 13.5. The molecule has 0 radical (unpaired) electrons. The fraction of sp³-hybridized carbons (Fsp3) is 0.333. The Morgan fingerprint density at radius 3 is 2.96 bits per heavy atom. The van der Waals surface area contributed by atoms with Gasteiger partial charge < -0.3 is 15.6 Å². The van der Waals surface area contributed by atoms with Crippen LogP contribution >= 0.6 is 11.3 Å². The number of guanidine groups is 1. The van der Waals surface area contributed by atoms with Crippen molar-refractivity contribution >= 4 is 28.2 Å². The summed E-state index contributed by atoms with van der Waals surface area (Å²) >= 11 is 1.66. The normalized spacial score (nSPS) is 11.8. The van der Waals surface area contributed by atoms with Gasteiger partial charge in [0.15, 0.2) is 5.96 Å². The molecular formula is C18H23N5S. The Kier molecular flexibility index (Phi) is 5.48. The molecule has 0 aliphatic rings. The summed E-state index contributed by atoms with van der Waals surface area (Å²) < 4.78 is 0. The molecule has 6 heteroatoms. The first-order valence-electron chi connectivity index (χ1n) is 8.24. The molecule has 1 aromatic carbocycles. The molecule has 0 fully saturated rings. The third-order valence-electron chi connectivity index (χ3n) is 3.93. The number of hydrogen-bond donors (Lipinski definition) is 3. The summed E-state index contributed by atoms with van der Waals surface area (Å²) in [6.45, 7) is 6.46. The van der Waals surface area contributed by atoms with Gasteiger partial charge in [-0.1, -0.05) is 18.2 Å². The number of nitrogens with zero attached hydrogens (tertiary/aromatic N) is 2. The number of aromatic nitrogens is 2. The van der Waals surface area contributed by atoms with Crippen molar-refractivity contribution < 1.29 is 0 Å². The monoisotopic (exact) mass is 341 g/mol. The molecule has 3 aromatic rings.